The minimum atomic E-state index is -4.55. The number of nitrogens with one attached hydrogen (secondary N) is 1. The van der Waals surface area contributed by atoms with E-state index in [2.05, 4.69) is 5.32 Å². The van der Waals surface area contributed by atoms with Gasteiger partial charge in [0.2, 0.25) is 5.91 Å². The van der Waals surface area contributed by atoms with Crippen LogP contribution >= 0.6 is 0 Å². The standard InChI is InChI=1S/C21H18F3NO4/c1-27-16-4-2-5-17(13-16)29-19-9-7-14(21(22,23)24)12-18(19)25-20(26)10-8-15-6-3-11-28-15/h2-7,9,11-13H,8,10H2,1H3,(H,25,26). The normalized spacial score (nSPS) is 11.2. The first-order chi connectivity index (χ1) is 13.8. The summed E-state index contributed by atoms with van der Waals surface area (Å²) in [5, 5.41) is 2.50. The molecule has 0 aliphatic rings. The zero-order valence-corrected chi connectivity index (χ0v) is 15.5. The molecule has 0 unspecified atom stereocenters. The highest BCUT2D eigenvalue weighted by Gasteiger charge is 2.31. The smallest absolute Gasteiger partial charge is 0.416 e. The third-order valence-electron chi connectivity index (χ3n) is 4.03. The van der Waals surface area contributed by atoms with E-state index < -0.39 is 17.6 Å². The largest absolute Gasteiger partial charge is 0.497 e. The zero-order valence-electron chi connectivity index (χ0n) is 15.5. The van der Waals surface area contributed by atoms with Gasteiger partial charge in [-0.1, -0.05) is 6.07 Å². The summed E-state index contributed by atoms with van der Waals surface area (Å²) in [5.41, 5.74) is -0.969. The number of furan rings is 1. The van der Waals surface area contributed by atoms with Gasteiger partial charge in [-0.2, -0.15) is 13.2 Å². The molecule has 0 saturated heterocycles. The number of carbonyl (C=O) groups excluding carboxylic acids is 1. The highest BCUT2D eigenvalue weighted by molar-refractivity contribution is 5.92. The Balaban J connectivity index is 1.82. The molecule has 0 bridgehead atoms. The van der Waals surface area contributed by atoms with E-state index in [0.29, 0.717) is 23.7 Å². The SMILES string of the molecule is COc1cccc(Oc2ccc(C(F)(F)F)cc2NC(=O)CCc2ccco2)c1. The monoisotopic (exact) mass is 405 g/mol. The number of carbonyl (C=O) groups is 1. The Morgan fingerprint density at radius 2 is 1.86 bits per heavy atom. The number of aryl methyl sites for hydroxylation is 1. The van der Waals surface area contributed by atoms with Crippen LogP contribution in [0.1, 0.15) is 17.7 Å². The lowest BCUT2D eigenvalue weighted by Crippen LogP contribution is -2.14. The van der Waals surface area contributed by atoms with Crippen LogP contribution in [0.25, 0.3) is 0 Å². The van der Waals surface area contributed by atoms with Gasteiger partial charge in [-0.15, -0.1) is 0 Å². The van der Waals surface area contributed by atoms with E-state index in [4.69, 9.17) is 13.9 Å². The van der Waals surface area contributed by atoms with E-state index in [-0.39, 0.29) is 17.9 Å². The number of benzene rings is 2. The Labute approximate surface area is 165 Å². The predicted molar refractivity (Wildman–Crippen MR) is 100 cm³/mol. The van der Waals surface area contributed by atoms with E-state index >= 15 is 0 Å². The van der Waals surface area contributed by atoms with Gasteiger partial charge < -0.3 is 19.2 Å². The molecule has 1 amide bonds. The summed E-state index contributed by atoms with van der Waals surface area (Å²) in [6.45, 7) is 0. The fourth-order valence-corrected chi connectivity index (χ4v) is 2.59. The summed E-state index contributed by atoms with van der Waals surface area (Å²) in [6, 6.07) is 12.9. The summed E-state index contributed by atoms with van der Waals surface area (Å²) in [6.07, 6.45) is -2.70. The summed E-state index contributed by atoms with van der Waals surface area (Å²) in [5.74, 6) is 1.11. The van der Waals surface area contributed by atoms with Crippen LogP contribution in [0.5, 0.6) is 17.2 Å². The second-order valence-corrected chi connectivity index (χ2v) is 6.12. The summed E-state index contributed by atoms with van der Waals surface area (Å²) >= 11 is 0. The Kier molecular flexibility index (Phi) is 6.11. The van der Waals surface area contributed by atoms with E-state index in [1.807, 2.05) is 0 Å². The molecule has 29 heavy (non-hydrogen) atoms. The quantitative estimate of drug-likeness (QED) is 0.550. The number of methoxy groups -OCH3 is 1. The Morgan fingerprint density at radius 3 is 2.55 bits per heavy atom. The third kappa shape index (κ3) is 5.54. The van der Waals surface area contributed by atoms with Crippen LogP contribution < -0.4 is 14.8 Å². The molecule has 0 saturated carbocycles. The van der Waals surface area contributed by atoms with Crippen LogP contribution in [0.3, 0.4) is 0 Å². The highest BCUT2D eigenvalue weighted by atomic mass is 19.4. The number of amides is 1. The molecular formula is C21H18F3NO4. The molecule has 152 valence electrons. The maximum Gasteiger partial charge on any atom is 0.416 e. The summed E-state index contributed by atoms with van der Waals surface area (Å²) in [7, 11) is 1.49. The van der Waals surface area contributed by atoms with Crippen LogP contribution in [0.2, 0.25) is 0 Å². The number of alkyl halides is 3. The van der Waals surface area contributed by atoms with Gasteiger partial charge in [0.05, 0.1) is 24.6 Å². The maximum absolute atomic E-state index is 13.1. The Hall–Kier alpha value is -3.42. The lowest BCUT2D eigenvalue weighted by molar-refractivity contribution is -0.137. The van der Waals surface area contributed by atoms with Gasteiger partial charge in [0, 0.05) is 18.9 Å². The van der Waals surface area contributed by atoms with Crippen molar-refractivity contribution in [2.24, 2.45) is 0 Å². The topological polar surface area (TPSA) is 60.7 Å². The first-order valence-electron chi connectivity index (χ1n) is 8.70. The highest BCUT2D eigenvalue weighted by Crippen LogP contribution is 2.37. The lowest BCUT2D eigenvalue weighted by atomic mass is 10.1. The van der Waals surface area contributed by atoms with Crippen molar-refractivity contribution in [3.05, 3.63) is 72.2 Å². The lowest BCUT2D eigenvalue weighted by Gasteiger charge is -2.15. The molecule has 8 heteroatoms. The van der Waals surface area contributed by atoms with E-state index in [1.165, 1.54) is 19.4 Å². The third-order valence-corrected chi connectivity index (χ3v) is 4.03. The molecule has 3 rings (SSSR count). The van der Waals surface area contributed by atoms with Gasteiger partial charge in [0.1, 0.15) is 17.3 Å². The van der Waals surface area contributed by atoms with Crippen molar-refractivity contribution < 1.29 is 31.9 Å². The van der Waals surface area contributed by atoms with Crippen LogP contribution in [-0.2, 0) is 17.4 Å². The first kappa shape index (κ1) is 20.3. The van der Waals surface area contributed by atoms with Crippen LogP contribution in [0.15, 0.2) is 65.3 Å². The minimum Gasteiger partial charge on any atom is -0.497 e. The van der Waals surface area contributed by atoms with Crippen molar-refractivity contribution in [2.75, 3.05) is 12.4 Å². The molecule has 1 N–H and O–H groups in total. The summed E-state index contributed by atoms with van der Waals surface area (Å²) in [4.78, 5) is 12.3. The van der Waals surface area contributed by atoms with Crippen LogP contribution in [0, 0.1) is 0 Å². The molecule has 0 atom stereocenters. The molecule has 1 heterocycles. The second-order valence-electron chi connectivity index (χ2n) is 6.12. The number of rotatable bonds is 7. The fourth-order valence-electron chi connectivity index (χ4n) is 2.59. The van der Waals surface area contributed by atoms with Crippen molar-refractivity contribution in [2.45, 2.75) is 19.0 Å². The number of anilines is 1. The van der Waals surface area contributed by atoms with E-state index in [0.717, 1.165) is 12.1 Å². The van der Waals surface area contributed by atoms with Gasteiger partial charge in [0.15, 0.2) is 5.75 Å². The molecule has 0 radical (unpaired) electrons. The van der Waals surface area contributed by atoms with Gasteiger partial charge in [-0.3, -0.25) is 4.79 Å². The minimum absolute atomic E-state index is 0.0440. The molecule has 1 aromatic heterocycles. The van der Waals surface area contributed by atoms with Gasteiger partial charge >= 0.3 is 6.18 Å². The summed E-state index contributed by atoms with van der Waals surface area (Å²) < 4.78 is 55.3. The molecular weight excluding hydrogens is 387 g/mol. The van der Waals surface area contributed by atoms with Crippen LogP contribution in [0.4, 0.5) is 18.9 Å². The van der Waals surface area contributed by atoms with Crippen molar-refractivity contribution in [1.82, 2.24) is 0 Å². The van der Waals surface area contributed by atoms with Crippen molar-refractivity contribution in [3.63, 3.8) is 0 Å². The molecule has 0 aliphatic carbocycles. The number of hydrogen-bond donors (Lipinski definition) is 1. The Morgan fingerprint density at radius 1 is 1.07 bits per heavy atom. The number of hydrogen-bond acceptors (Lipinski definition) is 4. The zero-order chi connectivity index (χ0) is 20.9. The first-order valence-corrected chi connectivity index (χ1v) is 8.70. The molecule has 5 nitrogen and oxygen atoms in total. The average molecular weight is 405 g/mol. The molecule has 0 fully saturated rings. The van der Waals surface area contributed by atoms with Crippen molar-refractivity contribution >= 4 is 11.6 Å². The van der Waals surface area contributed by atoms with Crippen LogP contribution in [-0.4, -0.2) is 13.0 Å². The van der Waals surface area contributed by atoms with Gasteiger partial charge in [0.25, 0.3) is 0 Å². The molecule has 3 aromatic rings. The maximum atomic E-state index is 13.1. The molecule has 0 spiro atoms. The van der Waals surface area contributed by atoms with E-state index in [9.17, 15) is 18.0 Å². The molecule has 2 aromatic carbocycles. The van der Waals surface area contributed by atoms with E-state index in [1.54, 1.807) is 36.4 Å². The number of ether oxygens (including phenoxy) is 2. The van der Waals surface area contributed by atoms with Gasteiger partial charge in [-0.25, -0.2) is 0 Å². The Bertz CT molecular complexity index is 968. The fraction of sp³-hybridized carbons (Fsp3) is 0.190. The van der Waals surface area contributed by atoms with Crippen molar-refractivity contribution in [3.8, 4) is 17.2 Å². The average Bonchev–Trinajstić information content (AvgIpc) is 3.21. The van der Waals surface area contributed by atoms with Gasteiger partial charge in [-0.05, 0) is 42.5 Å². The predicted octanol–water partition coefficient (Wildman–Crippen LogP) is 5.67. The second kappa shape index (κ2) is 8.72. The number of halogens is 3. The van der Waals surface area contributed by atoms with Crippen molar-refractivity contribution in [1.29, 1.82) is 0 Å². The molecule has 0 aliphatic heterocycles.